The third kappa shape index (κ3) is 2.37. The summed E-state index contributed by atoms with van der Waals surface area (Å²) in [6, 6.07) is 7.51. The van der Waals surface area contributed by atoms with E-state index in [1.54, 1.807) is 24.5 Å². The molecular formula is C12H10N4S. The first-order valence-corrected chi connectivity index (χ1v) is 5.78. The monoisotopic (exact) mass is 242 g/mol. The van der Waals surface area contributed by atoms with Gasteiger partial charge in [0, 0.05) is 12.4 Å². The lowest BCUT2D eigenvalue weighted by molar-refractivity contribution is 1.07. The van der Waals surface area contributed by atoms with Crippen molar-refractivity contribution in [3.8, 4) is 6.07 Å². The fourth-order valence-corrected chi connectivity index (χ4v) is 2.23. The molecule has 2 heterocycles. The Morgan fingerprint density at radius 3 is 2.71 bits per heavy atom. The van der Waals surface area contributed by atoms with Crippen molar-refractivity contribution in [3.63, 3.8) is 0 Å². The van der Waals surface area contributed by atoms with Crippen LogP contribution in [0.4, 0.5) is 5.69 Å². The largest absolute Gasteiger partial charge is 0.397 e. The van der Waals surface area contributed by atoms with Gasteiger partial charge < -0.3 is 5.73 Å². The van der Waals surface area contributed by atoms with Gasteiger partial charge >= 0.3 is 0 Å². The van der Waals surface area contributed by atoms with Crippen molar-refractivity contribution >= 4 is 17.4 Å². The molecule has 0 amide bonds. The number of rotatable bonds is 2. The summed E-state index contributed by atoms with van der Waals surface area (Å²) >= 11 is 1.31. The van der Waals surface area contributed by atoms with Gasteiger partial charge in [0.05, 0.1) is 11.3 Å². The topological polar surface area (TPSA) is 75.6 Å². The van der Waals surface area contributed by atoms with E-state index in [0.717, 1.165) is 5.56 Å². The number of aromatic nitrogens is 2. The number of hydrogen-bond donors (Lipinski definition) is 1. The first kappa shape index (κ1) is 11.4. The highest BCUT2D eigenvalue weighted by molar-refractivity contribution is 7.99. The molecule has 2 aromatic heterocycles. The average Bonchev–Trinajstić information content (AvgIpc) is 2.32. The van der Waals surface area contributed by atoms with Crippen LogP contribution in [0.3, 0.4) is 0 Å². The second-order valence-electron chi connectivity index (χ2n) is 3.42. The molecule has 84 valence electrons. The lowest BCUT2D eigenvalue weighted by atomic mass is 10.2. The third-order valence-corrected chi connectivity index (χ3v) is 3.27. The number of pyridine rings is 2. The Balaban J connectivity index is 2.41. The molecule has 0 atom stereocenters. The highest BCUT2D eigenvalue weighted by atomic mass is 32.2. The molecule has 0 fully saturated rings. The van der Waals surface area contributed by atoms with E-state index in [4.69, 9.17) is 11.0 Å². The number of nitrogens with two attached hydrogens (primary N) is 1. The van der Waals surface area contributed by atoms with E-state index >= 15 is 0 Å². The summed E-state index contributed by atoms with van der Waals surface area (Å²) in [5.74, 6) is 0. The van der Waals surface area contributed by atoms with Crippen molar-refractivity contribution in [2.45, 2.75) is 17.0 Å². The van der Waals surface area contributed by atoms with Gasteiger partial charge in [-0.25, -0.2) is 9.97 Å². The standard InChI is InChI=1S/C12H10N4S/c1-8-4-6-16-11(9(8)7-13)17-12-10(14)3-2-5-15-12/h2-6H,14H2,1H3. The summed E-state index contributed by atoms with van der Waals surface area (Å²) in [4.78, 5) is 8.36. The number of nitrogen functional groups attached to an aromatic ring is 1. The molecule has 0 spiro atoms. The molecule has 0 saturated heterocycles. The van der Waals surface area contributed by atoms with Crippen LogP contribution in [0.15, 0.2) is 40.6 Å². The highest BCUT2D eigenvalue weighted by Gasteiger charge is 2.10. The fraction of sp³-hybridized carbons (Fsp3) is 0.0833. The molecule has 0 aliphatic heterocycles. The summed E-state index contributed by atoms with van der Waals surface area (Å²) in [6.45, 7) is 1.88. The molecule has 2 rings (SSSR count). The van der Waals surface area contributed by atoms with E-state index in [2.05, 4.69) is 16.0 Å². The molecule has 17 heavy (non-hydrogen) atoms. The lowest BCUT2D eigenvalue weighted by Gasteiger charge is -2.05. The van der Waals surface area contributed by atoms with Gasteiger partial charge in [0.25, 0.3) is 0 Å². The Hall–Kier alpha value is -2.06. The summed E-state index contributed by atoms with van der Waals surface area (Å²) in [5.41, 5.74) is 7.87. The Bertz CT molecular complexity index is 589. The molecule has 4 nitrogen and oxygen atoms in total. The van der Waals surface area contributed by atoms with Gasteiger partial charge in [-0.05, 0) is 42.4 Å². The summed E-state index contributed by atoms with van der Waals surface area (Å²) < 4.78 is 0. The molecule has 0 unspecified atom stereocenters. The van der Waals surface area contributed by atoms with Gasteiger partial charge in [-0.15, -0.1) is 0 Å². The van der Waals surface area contributed by atoms with E-state index in [1.807, 2.05) is 13.0 Å². The number of aryl methyl sites for hydroxylation is 1. The first-order valence-electron chi connectivity index (χ1n) is 4.96. The Morgan fingerprint density at radius 2 is 2.00 bits per heavy atom. The van der Waals surface area contributed by atoms with Crippen LogP contribution in [0.2, 0.25) is 0 Å². The Kier molecular flexibility index (Phi) is 3.26. The summed E-state index contributed by atoms with van der Waals surface area (Å²) in [6.07, 6.45) is 3.35. The van der Waals surface area contributed by atoms with E-state index in [1.165, 1.54) is 11.8 Å². The van der Waals surface area contributed by atoms with Crippen LogP contribution in [0.1, 0.15) is 11.1 Å². The van der Waals surface area contributed by atoms with Crippen molar-refractivity contribution in [1.29, 1.82) is 5.26 Å². The zero-order valence-corrected chi connectivity index (χ0v) is 10.0. The smallest absolute Gasteiger partial charge is 0.125 e. The number of nitrogens with zero attached hydrogens (tertiary/aromatic N) is 3. The number of nitriles is 1. The van der Waals surface area contributed by atoms with E-state index in [9.17, 15) is 0 Å². The van der Waals surface area contributed by atoms with E-state index in [0.29, 0.717) is 21.3 Å². The van der Waals surface area contributed by atoms with Crippen LogP contribution in [-0.4, -0.2) is 9.97 Å². The quantitative estimate of drug-likeness (QED) is 0.875. The Labute approximate surface area is 104 Å². The molecule has 0 saturated carbocycles. The maximum Gasteiger partial charge on any atom is 0.125 e. The SMILES string of the molecule is Cc1ccnc(Sc2ncccc2N)c1C#N. The second kappa shape index (κ2) is 4.85. The van der Waals surface area contributed by atoms with E-state index < -0.39 is 0 Å². The summed E-state index contributed by atoms with van der Waals surface area (Å²) in [7, 11) is 0. The molecule has 0 aliphatic rings. The van der Waals surface area contributed by atoms with E-state index in [-0.39, 0.29) is 0 Å². The van der Waals surface area contributed by atoms with Crippen LogP contribution in [0, 0.1) is 18.3 Å². The van der Waals surface area contributed by atoms with Gasteiger partial charge in [-0.1, -0.05) is 0 Å². The number of hydrogen-bond acceptors (Lipinski definition) is 5. The van der Waals surface area contributed by atoms with Crippen molar-refractivity contribution in [1.82, 2.24) is 9.97 Å². The van der Waals surface area contributed by atoms with Crippen LogP contribution in [0.5, 0.6) is 0 Å². The predicted molar refractivity (Wildman–Crippen MR) is 66.5 cm³/mol. The predicted octanol–water partition coefficient (Wildman–Crippen LogP) is 2.39. The molecule has 0 aromatic carbocycles. The average molecular weight is 242 g/mol. The number of anilines is 1. The van der Waals surface area contributed by atoms with Gasteiger partial charge in [0.2, 0.25) is 0 Å². The molecular weight excluding hydrogens is 232 g/mol. The van der Waals surface area contributed by atoms with Gasteiger partial charge in [-0.2, -0.15) is 5.26 Å². The Morgan fingerprint density at radius 1 is 1.24 bits per heavy atom. The molecule has 5 heteroatoms. The highest BCUT2D eigenvalue weighted by Crippen LogP contribution is 2.31. The molecule has 0 aliphatic carbocycles. The molecule has 0 radical (unpaired) electrons. The van der Waals surface area contributed by atoms with Gasteiger partial charge in [0.1, 0.15) is 16.1 Å². The van der Waals surface area contributed by atoms with Crippen molar-refractivity contribution in [2.24, 2.45) is 0 Å². The maximum absolute atomic E-state index is 9.09. The normalized spacial score (nSPS) is 9.88. The second-order valence-corrected chi connectivity index (χ2v) is 4.40. The maximum atomic E-state index is 9.09. The third-order valence-electron chi connectivity index (χ3n) is 2.23. The van der Waals surface area contributed by atoms with Crippen LogP contribution >= 0.6 is 11.8 Å². The lowest BCUT2D eigenvalue weighted by Crippen LogP contribution is -1.94. The van der Waals surface area contributed by atoms with Crippen molar-refractivity contribution in [3.05, 3.63) is 41.7 Å². The summed E-state index contributed by atoms with van der Waals surface area (Å²) in [5, 5.41) is 10.4. The minimum absolute atomic E-state index is 0.572. The van der Waals surface area contributed by atoms with Crippen LogP contribution in [-0.2, 0) is 0 Å². The minimum Gasteiger partial charge on any atom is -0.397 e. The zero-order valence-electron chi connectivity index (χ0n) is 9.21. The zero-order chi connectivity index (χ0) is 12.3. The van der Waals surface area contributed by atoms with Crippen molar-refractivity contribution in [2.75, 3.05) is 5.73 Å². The van der Waals surface area contributed by atoms with Crippen LogP contribution < -0.4 is 5.73 Å². The molecule has 2 aromatic rings. The van der Waals surface area contributed by atoms with Gasteiger partial charge in [0.15, 0.2) is 0 Å². The van der Waals surface area contributed by atoms with Gasteiger partial charge in [-0.3, -0.25) is 0 Å². The van der Waals surface area contributed by atoms with Crippen LogP contribution in [0.25, 0.3) is 0 Å². The minimum atomic E-state index is 0.572. The molecule has 0 bridgehead atoms. The molecule has 2 N–H and O–H groups in total. The fourth-order valence-electron chi connectivity index (χ4n) is 1.33. The first-order chi connectivity index (χ1) is 8.22. The van der Waals surface area contributed by atoms with Crippen molar-refractivity contribution < 1.29 is 0 Å².